The number of nitro groups is 2. The molecule has 160 valence electrons. The van der Waals surface area contributed by atoms with E-state index in [9.17, 15) is 25.0 Å². The third kappa shape index (κ3) is 5.04. The molecule has 1 amide bonds. The van der Waals surface area contributed by atoms with Crippen LogP contribution in [0.15, 0.2) is 47.6 Å². The number of carbonyl (C=O) groups excluding carboxylic acids is 1. The normalized spacial score (nSPS) is 10.6. The summed E-state index contributed by atoms with van der Waals surface area (Å²) in [4.78, 5) is 33.0. The van der Waals surface area contributed by atoms with E-state index in [0.29, 0.717) is 34.3 Å². The molecule has 2 aromatic carbocycles. The number of nitrogens with zero attached hydrogens (tertiary/aromatic N) is 5. The van der Waals surface area contributed by atoms with Crippen LogP contribution in [0.4, 0.5) is 17.1 Å². The number of thioether (sulfide) groups is 1. The number of rotatable bonds is 8. The molecule has 3 aromatic rings. The summed E-state index contributed by atoms with van der Waals surface area (Å²) in [5.74, 6) is 0.325. The minimum Gasteiger partial charge on any atom is -0.325 e. The Labute approximate surface area is 180 Å². The smallest absolute Gasteiger partial charge is 0.269 e. The van der Waals surface area contributed by atoms with Gasteiger partial charge in [0, 0.05) is 42.1 Å². The molecule has 11 nitrogen and oxygen atoms in total. The van der Waals surface area contributed by atoms with Gasteiger partial charge in [0.05, 0.1) is 15.6 Å². The van der Waals surface area contributed by atoms with E-state index in [0.717, 1.165) is 0 Å². The fourth-order valence-electron chi connectivity index (χ4n) is 2.84. The van der Waals surface area contributed by atoms with Gasteiger partial charge in [0.2, 0.25) is 5.91 Å². The number of carbonyl (C=O) groups is 1. The average Bonchev–Trinajstić information content (AvgIpc) is 3.16. The molecule has 0 atom stereocenters. The van der Waals surface area contributed by atoms with Crippen LogP contribution in [-0.2, 0) is 11.3 Å². The maximum absolute atomic E-state index is 12.3. The molecule has 1 N–H and O–H groups in total. The van der Waals surface area contributed by atoms with E-state index in [-0.39, 0.29) is 23.0 Å². The first-order valence-electron chi connectivity index (χ1n) is 9.16. The highest BCUT2D eigenvalue weighted by atomic mass is 32.2. The van der Waals surface area contributed by atoms with E-state index in [1.165, 1.54) is 42.1 Å². The Morgan fingerprint density at radius 2 is 1.71 bits per heavy atom. The highest BCUT2D eigenvalue weighted by Gasteiger charge is 2.16. The second-order valence-corrected chi connectivity index (χ2v) is 7.39. The van der Waals surface area contributed by atoms with Crippen LogP contribution in [0.25, 0.3) is 11.4 Å². The van der Waals surface area contributed by atoms with Gasteiger partial charge in [-0.15, -0.1) is 10.2 Å². The predicted molar refractivity (Wildman–Crippen MR) is 115 cm³/mol. The lowest BCUT2D eigenvalue weighted by atomic mass is 10.2. The Bertz CT molecular complexity index is 1150. The van der Waals surface area contributed by atoms with Gasteiger partial charge < -0.3 is 9.88 Å². The van der Waals surface area contributed by atoms with E-state index in [4.69, 9.17) is 0 Å². The molecule has 0 fully saturated rings. The summed E-state index contributed by atoms with van der Waals surface area (Å²) < 4.78 is 1.82. The second kappa shape index (κ2) is 9.34. The molecular formula is C19H18N6O5S. The van der Waals surface area contributed by atoms with Crippen molar-refractivity contribution in [2.45, 2.75) is 25.5 Å². The number of hydrogen-bond acceptors (Lipinski definition) is 8. The molecule has 0 saturated heterocycles. The van der Waals surface area contributed by atoms with Gasteiger partial charge in [-0.1, -0.05) is 11.8 Å². The van der Waals surface area contributed by atoms with Crippen LogP contribution >= 0.6 is 11.8 Å². The predicted octanol–water partition coefficient (Wildman–Crippen LogP) is 3.82. The minimum atomic E-state index is -0.492. The monoisotopic (exact) mass is 442 g/mol. The standard InChI is InChI=1S/C19H18N6O5S/c1-3-23-18(13-4-6-14(7-5-13)24(27)28)21-22-19(23)31-11-17(26)20-16-9-8-15(25(29)30)10-12(16)2/h4-10H,3,11H2,1-2H3,(H,20,26). The molecule has 0 aliphatic heterocycles. The fourth-order valence-corrected chi connectivity index (χ4v) is 3.65. The van der Waals surface area contributed by atoms with Crippen molar-refractivity contribution in [2.24, 2.45) is 0 Å². The molecule has 0 spiro atoms. The number of amides is 1. The van der Waals surface area contributed by atoms with Gasteiger partial charge in [-0.3, -0.25) is 25.0 Å². The zero-order valence-electron chi connectivity index (χ0n) is 16.6. The highest BCUT2D eigenvalue weighted by Crippen LogP contribution is 2.26. The molecule has 0 aliphatic carbocycles. The summed E-state index contributed by atoms with van der Waals surface area (Å²) in [5.41, 5.74) is 1.71. The zero-order valence-corrected chi connectivity index (χ0v) is 17.5. The Balaban J connectivity index is 1.69. The second-order valence-electron chi connectivity index (χ2n) is 6.45. The molecule has 1 aromatic heterocycles. The zero-order chi connectivity index (χ0) is 22.5. The largest absolute Gasteiger partial charge is 0.325 e. The number of aromatic nitrogens is 3. The number of aryl methyl sites for hydroxylation is 1. The molecule has 31 heavy (non-hydrogen) atoms. The molecule has 0 bridgehead atoms. The Kier molecular flexibility index (Phi) is 6.60. The van der Waals surface area contributed by atoms with Crippen LogP contribution in [0.5, 0.6) is 0 Å². The minimum absolute atomic E-state index is 0.0147. The quantitative estimate of drug-likeness (QED) is 0.315. The van der Waals surface area contributed by atoms with Crippen LogP contribution in [0.1, 0.15) is 12.5 Å². The van der Waals surface area contributed by atoms with E-state index in [1.54, 1.807) is 19.1 Å². The van der Waals surface area contributed by atoms with Gasteiger partial charge in [0.1, 0.15) is 0 Å². The third-order valence-corrected chi connectivity index (χ3v) is 5.36. The molecule has 1 heterocycles. The lowest BCUT2D eigenvalue weighted by Crippen LogP contribution is -2.15. The van der Waals surface area contributed by atoms with Crippen LogP contribution in [0, 0.1) is 27.2 Å². The maximum Gasteiger partial charge on any atom is 0.269 e. The van der Waals surface area contributed by atoms with Crippen molar-refractivity contribution in [3.05, 3.63) is 68.3 Å². The first-order valence-corrected chi connectivity index (χ1v) is 10.1. The van der Waals surface area contributed by atoms with Crippen LogP contribution in [0.2, 0.25) is 0 Å². The number of anilines is 1. The average molecular weight is 442 g/mol. The Morgan fingerprint density at radius 1 is 1.06 bits per heavy atom. The van der Waals surface area contributed by atoms with E-state index >= 15 is 0 Å². The number of benzene rings is 2. The van der Waals surface area contributed by atoms with Gasteiger partial charge >= 0.3 is 0 Å². The van der Waals surface area contributed by atoms with Crippen molar-refractivity contribution in [1.82, 2.24) is 14.8 Å². The van der Waals surface area contributed by atoms with E-state index in [1.807, 2.05) is 11.5 Å². The summed E-state index contributed by atoms with van der Waals surface area (Å²) in [6, 6.07) is 10.2. The molecule has 0 saturated carbocycles. The van der Waals surface area contributed by atoms with Gasteiger partial charge in [-0.25, -0.2) is 0 Å². The SMILES string of the molecule is CCn1c(SCC(=O)Nc2ccc([N+](=O)[O-])cc2C)nnc1-c1ccc([N+](=O)[O-])cc1. The first kappa shape index (κ1) is 21.9. The van der Waals surface area contributed by atoms with Gasteiger partial charge in [0.25, 0.3) is 11.4 Å². The first-order chi connectivity index (χ1) is 14.8. The molecular weight excluding hydrogens is 424 g/mol. The maximum atomic E-state index is 12.3. The number of nitrogens with one attached hydrogen (secondary N) is 1. The van der Waals surface area contributed by atoms with Crippen molar-refractivity contribution in [3.8, 4) is 11.4 Å². The Hall–Kier alpha value is -3.80. The van der Waals surface area contributed by atoms with E-state index < -0.39 is 9.85 Å². The number of nitro benzene ring substituents is 2. The van der Waals surface area contributed by atoms with Crippen molar-refractivity contribution >= 4 is 34.7 Å². The lowest BCUT2D eigenvalue weighted by molar-refractivity contribution is -0.385. The van der Waals surface area contributed by atoms with Crippen LogP contribution in [0.3, 0.4) is 0 Å². The van der Waals surface area contributed by atoms with Gasteiger partial charge in [-0.05, 0) is 37.6 Å². The molecule has 0 radical (unpaired) electrons. The van der Waals surface area contributed by atoms with Crippen LogP contribution < -0.4 is 5.32 Å². The van der Waals surface area contributed by atoms with Gasteiger partial charge in [-0.2, -0.15) is 0 Å². The summed E-state index contributed by atoms with van der Waals surface area (Å²) in [6.07, 6.45) is 0. The van der Waals surface area contributed by atoms with E-state index in [2.05, 4.69) is 15.5 Å². The summed E-state index contributed by atoms with van der Waals surface area (Å²) >= 11 is 1.20. The molecule has 0 aliphatic rings. The topological polar surface area (TPSA) is 146 Å². The molecule has 12 heteroatoms. The number of non-ortho nitro benzene ring substituents is 2. The number of hydrogen-bond donors (Lipinski definition) is 1. The Morgan fingerprint density at radius 3 is 2.29 bits per heavy atom. The summed E-state index contributed by atoms with van der Waals surface area (Å²) in [5, 5.41) is 33.2. The van der Waals surface area contributed by atoms with Crippen LogP contribution in [-0.4, -0.2) is 36.3 Å². The molecule has 0 unspecified atom stereocenters. The van der Waals surface area contributed by atoms with Crippen molar-refractivity contribution in [1.29, 1.82) is 0 Å². The van der Waals surface area contributed by atoms with Gasteiger partial charge in [0.15, 0.2) is 11.0 Å². The van der Waals surface area contributed by atoms with Crippen molar-refractivity contribution in [2.75, 3.05) is 11.1 Å². The molecule has 3 rings (SSSR count). The third-order valence-electron chi connectivity index (χ3n) is 4.40. The van der Waals surface area contributed by atoms with Crippen molar-refractivity contribution in [3.63, 3.8) is 0 Å². The summed E-state index contributed by atoms with van der Waals surface area (Å²) in [6.45, 7) is 4.13. The fraction of sp³-hybridized carbons (Fsp3) is 0.211. The van der Waals surface area contributed by atoms with Crippen molar-refractivity contribution < 1.29 is 14.6 Å². The summed E-state index contributed by atoms with van der Waals surface area (Å²) in [7, 11) is 0. The highest BCUT2D eigenvalue weighted by molar-refractivity contribution is 7.99. The lowest BCUT2D eigenvalue weighted by Gasteiger charge is -2.09.